The number of carbonyl (C=O) groups excluding carboxylic acids is 1. The van der Waals surface area contributed by atoms with Crippen LogP contribution in [0.2, 0.25) is 5.02 Å². The zero-order chi connectivity index (χ0) is 22.2. The van der Waals surface area contributed by atoms with Crippen molar-refractivity contribution < 1.29 is 9.53 Å². The highest BCUT2D eigenvalue weighted by molar-refractivity contribution is 6.30. The van der Waals surface area contributed by atoms with Gasteiger partial charge in [0.05, 0.1) is 6.10 Å². The van der Waals surface area contributed by atoms with Gasteiger partial charge >= 0.3 is 0 Å². The van der Waals surface area contributed by atoms with Crippen LogP contribution in [0.1, 0.15) is 49.8 Å². The quantitative estimate of drug-likeness (QED) is 0.374. The first-order valence-electron chi connectivity index (χ1n) is 10.7. The van der Waals surface area contributed by atoms with E-state index >= 15 is 0 Å². The van der Waals surface area contributed by atoms with E-state index in [0.717, 1.165) is 17.7 Å². The maximum Gasteiger partial charge on any atom is 0.219 e. The van der Waals surface area contributed by atoms with E-state index in [9.17, 15) is 4.79 Å². The molecule has 1 atom stereocenters. The Kier molecular flexibility index (Phi) is 8.13. The summed E-state index contributed by atoms with van der Waals surface area (Å²) in [6, 6.07) is 26.5. The van der Waals surface area contributed by atoms with E-state index in [4.69, 9.17) is 16.3 Å². The maximum absolute atomic E-state index is 12.3. The Morgan fingerprint density at radius 2 is 1.52 bits per heavy atom. The number of hydrogen-bond acceptors (Lipinski definition) is 2. The van der Waals surface area contributed by atoms with Crippen LogP contribution in [0.15, 0.2) is 78.9 Å². The molecule has 0 saturated carbocycles. The molecule has 0 aliphatic carbocycles. The summed E-state index contributed by atoms with van der Waals surface area (Å²) in [6.07, 6.45) is 0.981. The van der Waals surface area contributed by atoms with Gasteiger partial charge in [-0.2, -0.15) is 0 Å². The molecular weight excluding hydrogens is 406 g/mol. The lowest BCUT2D eigenvalue weighted by Crippen LogP contribution is -2.30. The van der Waals surface area contributed by atoms with Gasteiger partial charge in [0, 0.05) is 31.0 Å². The average Bonchev–Trinajstić information content (AvgIpc) is 2.75. The molecule has 0 aliphatic heterocycles. The van der Waals surface area contributed by atoms with Crippen molar-refractivity contribution in [3.63, 3.8) is 0 Å². The van der Waals surface area contributed by atoms with Crippen LogP contribution in [0, 0.1) is 0 Å². The van der Waals surface area contributed by atoms with Gasteiger partial charge < -0.3 is 9.64 Å². The highest BCUT2D eigenvalue weighted by atomic mass is 35.5. The molecule has 1 amide bonds. The van der Waals surface area contributed by atoms with Gasteiger partial charge in [-0.1, -0.05) is 66.2 Å². The van der Waals surface area contributed by atoms with Gasteiger partial charge in [0.2, 0.25) is 5.91 Å². The Morgan fingerprint density at radius 1 is 0.903 bits per heavy atom. The molecule has 0 heterocycles. The van der Waals surface area contributed by atoms with Crippen molar-refractivity contribution in [2.45, 2.75) is 45.8 Å². The summed E-state index contributed by atoms with van der Waals surface area (Å²) in [7, 11) is 0. The lowest BCUT2D eigenvalue weighted by molar-refractivity contribution is -0.129. The molecule has 3 aromatic carbocycles. The standard InChI is InChI=1S/C27H30ClNO2/c1-20(2)31-26-15-11-24(12-16-26)27(23-7-5-4-6-8-23)17-18-29(21(3)30)19-22-9-13-25(28)14-10-22/h4-16,20,27H,17-19H2,1-3H3/t27-/m0/s1. The van der Waals surface area contributed by atoms with Gasteiger partial charge in [0.25, 0.3) is 0 Å². The van der Waals surface area contributed by atoms with Gasteiger partial charge in [0.1, 0.15) is 5.75 Å². The van der Waals surface area contributed by atoms with Gasteiger partial charge in [-0.05, 0) is 61.2 Å². The molecule has 0 spiro atoms. The number of carbonyl (C=O) groups is 1. The third-order valence-electron chi connectivity index (χ3n) is 5.28. The van der Waals surface area contributed by atoms with E-state index in [1.54, 1.807) is 6.92 Å². The Morgan fingerprint density at radius 3 is 2.10 bits per heavy atom. The third kappa shape index (κ3) is 6.86. The number of hydrogen-bond donors (Lipinski definition) is 0. The molecule has 3 rings (SSSR count). The summed E-state index contributed by atoms with van der Waals surface area (Å²) in [5.74, 6) is 1.14. The highest BCUT2D eigenvalue weighted by Crippen LogP contribution is 2.30. The number of rotatable bonds is 9. The molecule has 0 N–H and O–H groups in total. The van der Waals surface area contributed by atoms with Crippen LogP contribution in [-0.2, 0) is 11.3 Å². The summed E-state index contributed by atoms with van der Waals surface area (Å²) in [4.78, 5) is 14.2. The molecule has 0 bridgehead atoms. The Bertz CT molecular complexity index is 953. The minimum absolute atomic E-state index is 0.0717. The van der Waals surface area contributed by atoms with Crippen LogP contribution in [-0.4, -0.2) is 23.5 Å². The molecule has 3 aromatic rings. The van der Waals surface area contributed by atoms with Crippen LogP contribution in [0.25, 0.3) is 0 Å². The van der Waals surface area contributed by atoms with E-state index in [1.165, 1.54) is 11.1 Å². The van der Waals surface area contributed by atoms with Crippen LogP contribution in [0.3, 0.4) is 0 Å². The lowest BCUT2D eigenvalue weighted by Gasteiger charge is -2.25. The first-order valence-corrected chi connectivity index (χ1v) is 11.1. The van der Waals surface area contributed by atoms with Crippen molar-refractivity contribution in [2.75, 3.05) is 6.54 Å². The second-order valence-corrected chi connectivity index (χ2v) is 8.49. The van der Waals surface area contributed by atoms with Gasteiger partial charge in [-0.15, -0.1) is 0 Å². The van der Waals surface area contributed by atoms with Crippen LogP contribution >= 0.6 is 11.6 Å². The zero-order valence-electron chi connectivity index (χ0n) is 18.4. The molecule has 0 aromatic heterocycles. The molecule has 0 radical (unpaired) electrons. The number of ether oxygens (including phenoxy) is 1. The van der Waals surface area contributed by atoms with Crippen molar-refractivity contribution in [3.05, 3.63) is 101 Å². The van der Waals surface area contributed by atoms with E-state index in [-0.39, 0.29) is 17.9 Å². The van der Waals surface area contributed by atoms with E-state index in [0.29, 0.717) is 18.1 Å². The predicted molar refractivity (Wildman–Crippen MR) is 128 cm³/mol. The fourth-order valence-electron chi connectivity index (χ4n) is 3.70. The number of halogens is 1. The smallest absolute Gasteiger partial charge is 0.219 e. The fraction of sp³-hybridized carbons (Fsp3) is 0.296. The monoisotopic (exact) mass is 435 g/mol. The summed E-state index contributed by atoms with van der Waals surface area (Å²) in [5, 5.41) is 0.701. The summed E-state index contributed by atoms with van der Waals surface area (Å²) < 4.78 is 5.80. The third-order valence-corrected chi connectivity index (χ3v) is 5.53. The minimum atomic E-state index is 0.0717. The van der Waals surface area contributed by atoms with Crippen LogP contribution < -0.4 is 4.74 Å². The molecule has 0 saturated heterocycles. The lowest BCUT2D eigenvalue weighted by atomic mass is 9.88. The van der Waals surface area contributed by atoms with Crippen molar-refractivity contribution >= 4 is 17.5 Å². The Balaban J connectivity index is 1.77. The largest absolute Gasteiger partial charge is 0.491 e. The summed E-state index contributed by atoms with van der Waals surface area (Å²) in [6.45, 7) is 6.93. The average molecular weight is 436 g/mol. The van der Waals surface area contributed by atoms with E-state index < -0.39 is 0 Å². The van der Waals surface area contributed by atoms with Crippen LogP contribution in [0.5, 0.6) is 5.75 Å². The van der Waals surface area contributed by atoms with Crippen molar-refractivity contribution in [1.29, 1.82) is 0 Å². The van der Waals surface area contributed by atoms with E-state index in [1.807, 2.05) is 61.2 Å². The number of benzene rings is 3. The van der Waals surface area contributed by atoms with Gasteiger partial charge in [0.15, 0.2) is 0 Å². The van der Waals surface area contributed by atoms with Crippen molar-refractivity contribution in [2.24, 2.45) is 0 Å². The van der Waals surface area contributed by atoms with Gasteiger partial charge in [-0.3, -0.25) is 4.79 Å². The molecule has 4 heteroatoms. The maximum atomic E-state index is 12.3. The second kappa shape index (κ2) is 11.0. The summed E-state index contributed by atoms with van der Waals surface area (Å²) >= 11 is 6.00. The first kappa shape index (κ1) is 22.9. The van der Waals surface area contributed by atoms with Crippen LogP contribution in [0.4, 0.5) is 0 Å². The zero-order valence-corrected chi connectivity index (χ0v) is 19.2. The molecule has 3 nitrogen and oxygen atoms in total. The normalized spacial score (nSPS) is 11.9. The summed E-state index contributed by atoms with van der Waals surface area (Å²) in [5.41, 5.74) is 3.54. The molecule has 0 fully saturated rings. The SMILES string of the molecule is CC(=O)N(CC[C@@H](c1ccccc1)c1ccc(OC(C)C)cc1)Cc1ccc(Cl)cc1. The molecule has 0 aliphatic rings. The fourth-order valence-corrected chi connectivity index (χ4v) is 3.83. The molecule has 31 heavy (non-hydrogen) atoms. The Hall–Kier alpha value is -2.78. The van der Waals surface area contributed by atoms with E-state index in [2.05, 4.69) is 36.4 Å². The van der Waals surface area contributed by atoms with Crippen molar-refractivity contribution in [3.8, 4) is 5.75 Å². The predicted octanol–water partition coefficient (Wildman–Crippen LogP) is 6.70. The number of amides is 1. The number of nitrogens with zero attached hydrogens (tertiary/aromatic N) is 1. The molecular formula is C27H30ClNO2. The van der Waals surface area contributed by atoms with Gasteiger partial charge in [-0.25, -0.2) is 0 Å². The second-order valence-electron chi connectivity index (χ2n) is 8.05. The first-order chi connectivity index (χ1) is 14.9. The van der Waals surface area contributed by atoms with Crippen molar-refractivity contribution in [1.82, 2.24) is 4.90 Å². The molecule has 162 valence electrons. The topological polar surface area (TPSA) is 29.5 Å². The highest BCUT2D eigenvalue weighted by Gasteiger charge is 2.18. The molecule has 0 unspecified atom stereocenters. The minimum Gasteiger partial charge on any atom is -0.491 e. The Labute approximate surface area is 190 Å².